The van der Waals surface area contributed by atoms with Crippen LogP contribution in [0.25, 0.3) is 0 Å². The first kappa shape index (κ1) is 14.8. The van der Waals surface area contributed by atoms with Gasteiger partial charge in [0.2, 0.25) is 5.91 Å². The zero-order chi connectivity index (χ0) is 14.1. The molecule has 0 aromatic rings. The smallest absolute Gasteiger partial charge is 0.223 e. The van der Waals surface area contributed by atoms with Gasteiger partial charge in [-0.05, 0) is 50.4 Å². The summed E-state index contributed by atoms with van der Waals surface area (Å²) in [6.45, 7) is 4.88. The van der Waals surface area contributed by atoms with E-state index in [4.69, 9.17) is 5.73 Å². The summed E-state index contributed by atoms with van der Waals surface area (Å²) in [4.78, 5) is 12.0. The molecule has 2 atom stereocenters. The fourth-order valence-corrected chi connectivity index (χ4v) is 3.22. The molecule has 0 spiro atoms. The number of aliphatic hydroxyl groups is 1. The van der Waals surface area contributed by atoms with Gasteiger partial charge in [0.05, 0.1) is 5.60 Å². The van der Waals surface area contributed by atoms with E-state index in [1.165, 1.54) is 0 Å². The lowest BCUT2D eigenvalue weighted by atomic mass is 9.71. The second kappa shape index (κ2) is 5.41. The normalized spacial score (nSPS) is 33.1. The highest BCUT2D eigenvalue weighted by molar-refractivity contribution is 5.79. The van der Waals surface area contributed by atoms with Crippen LogP contribution in [0.2, 0.25) is 0 Å². The van der Waals surface area contributed by atoms with Gasteiger partial charge >= 0.3 is 0 Å². The molecule has 0 aromatic carbocycles. The maximum atomic E-state index is 12.0. The minimum Gasteiger partial charge on any atom is -0.388 e. The summed E-state index contributed by atoms with van der Waals surface area (Å²) in [5.74, 6) is 0.129. The third-order valence-corrected chi connectivity index (χ3v) is 4.97. The first-order valence-electron chi connectivity index (χ1n) is 7.55. The minimum atomic E-state index is -0.702. The summed E-state index contributed by atoms with van der Waals surface area (Å²) < 4.78 is 0. The predicted molar refractivity (Wildman–Crippen MR) is 75.5 cm³/mol. The van der Waals surface area contributed by atoms with E-state index in [2.05, 4.69) is 19.2 Å². The molecule has 4 heteroatoms. The summed E-state index contributed by atoms with van der Waals surface area (Å²) in [5.41, 5.74) is 5.45. The molecule has 2 fully saturated rings. The van der Waals surface area contributed by atoms with Crippen LogP contribution in [0, 0.1) is 11.3 Å². The van der Waals surface area contributed by atoms with Crippen molar-refractivity contribution in [3.8, 4) is 0 Å². The monoisotopic (exact) mass is 268 g/mol. The van der Waals surface area contributed by atoms with Gasteiger partial charge in [-0.15, -0.1) is 0 Å². The molecule has 19 heavy (non-hydrogen) atoms. The lowest BCUT2D eigenvalue weighted by molar-refractivity contribution is -0.126. The van der Waals surface area contributed by atoms with Crippen LogP contribution in [0.3, 0.4) is 0 Å². The largest absolute Gasteiger partial charge is 0.388 e. The highest BCUT2D eigenvalue weighted by atomic mass is 16.3. The molecule has 2 aliphatic carbocycles. The summed E-state index contributed by atoms with van der Waals surface area (Å²) in [5, 5.41) is 13.4. The first-order chi connectivity index (χ1) is 8.80. The van der Waals surface area contributed by atoms with E-state index in [0.29, 0.717) is 12.0 Å². The standard InChI is InChI=1S/C15H28N2O2/c1-14(2)5-7-15(19,8-6-14)10-17-13(18)11-3-4-12(16)9-11/h11-12,19H,3-10,16H2,1-2H3,(H,17,18). The molecule has 4 N–H and O–H groups in total. The van der Waals surface area contributed by atoms with E-state index in [9.17, 15) is 9.90 Å². The van der Waals surface area contributed by atoms with Gasteiger partial charge in [0.25, 0.3) is 0 Å². The zero-order valence-electron chi connectivity index (χ0n) is 12.2. The molecule has 4 nitrogen and oxygen atoms in total. The number of hydrogen-bond donors (Lipinski definition) is 3. The van der Waals surface area contributed by atoms with Crippen LogP contribution in [0.15, 0.2) is 0 Å². The summed E-state index contributed by atoms with van der Waals surface area (Å²) >= 11 is 0. The third kappa shape index (κ3) is 3.93. The fraction of sp³-hybridized carbons (Fsp3) is 0.933. The Bertz CT molecular complexity index is 331. The second-order valence-electron chi connectivity index (χ2n) is 7.38. The summed E-state index contributed by atoms with van der Waals surface area (Å²) in [6.07, 6.45) is 6.22. The van der Waals surface area contributed by atoms with E-state index < -0.39 is 5.60 Å². The van der Waals surface area contributed by atoms with Gasteiger partial charge in [0, 0.05) is 18.5 Å². The van der Waals surface area contributed by atoms with Crippen LogP contribution >= 0.6 is 0 Å². The molecular formula is C15H28N2O2. The van der Waals surface area contributed by atoms with Crippen LogP contribution < -0.4 is 11.1 Å². The molecule has 0 aromatic heterocycles. The van der Waals surface area contributed by atoms with E-state index in [0.717, 1.165) is 44.9 Å². The third-order valence-electron chi connectivity index (χ3n) is 4.97. The van der Waals surface area contributed by atoms with Gasteiger partial charge in [0.1, 0.15) is 0 Å². The zero-order valence-corrected chi connectivity index (χ0v) is 12.2. The average molecular weight is 268 g/mol. The van der Waals surface area contributed by atoms with Crippen molar-refractivity contribution in [3.05, 3.63) is 0 Å². The molecule has 0 aliphatic heterocycles. The second-order valence-corrected chi connectivity index (χ2v) is 7.38. The molecule has 2 unspecified atom stereocenters. The Morgan fingerprint density at radius 1 is 1.26 bits per heavy atom. The number of nitrogens with one attached hydrogen (secondary N) is 1. The van der Waals surface area contributed by atoms with Crippen LogP contribution in [0.4, 0.5) is 0 Å². The number of carbonyl (C=O) groups excluding carboxylic acids is 1. The highest BCUT2D eigenvalue weighted by Gasteiger charge is 2.37. The van der Waals surface area contributed by atoms with Crippen molar-refractivity contribution in [1.82, 2.24) is 5.32 Å². The van der Waals surface area contributed by atoms with Crippen molar-refractivity contribution in [2.45, 2.75) is 70.4 Å². The molecule has 0 saturated heterocycles. The Kier molecular flexibility index (Phi) is 4.21. The van der Waals surface area contributed by atoms with Crippen LogP contribution in [-0.4, -0.2) is 29.2 Å². The van der Waals surface area contributed by atoms with Crippen molar-refractivity contribution in [2.75, 3.05) is 6.54 Å². The minimum absolute atomic E-state index is 0.0543. The Labute approximate surface area is 116 Å². The Hall–Kier alpha value is -0.610. The van der Waals surface area contributed by atoms with Crippen LogP contribution in [0.5, 0.6) is 0 Å². The van der Waals surface area contributed by atoms with Crippen molar-refractivity contribution in [1.29, 1.82) is 0 Å². The number of carbonyl (C=O) groups is 1. The summed E-state index contributed by atoms with van der Waals surface area (Å²) in [7, 11) is 0. The van der Waals surface area contributed by atoms with Crippen molar-refractivity contribution >= 4 is 5.91 Å². The predicted octanol–water partition coefficient (Wildman–Crippen LogP) is 1.56. The van der Waals surface area contributed by atoms with Gasteiger partial charge in [-0.25, -0.2) is 0 Å². The Balaban J connectivity index is 1.77. The first-order valence-corrected chi connectivity index (χ1v) is 7.55. The molecule has 0 radical (unpaired) electrons. The van der Waals surface area contributed by atoms with E-state index >= 15 is 0 Å². The van der Waals surface area contributed by atoms with Gasteiger partial charge in [-0.1, -0.05) is 13.8 Å². The molecule has 110 valence electrons. The number of nitrogens with two attached hydrogens (primary N) is 1. The average Bonchev–Trinajstić information content (AvgIpc) is 2.78. The van der Waals surface area contributed by atoms with Gasteiger partial charge in [-0.2, -0.15) is 0 Å². The lowest BCUT2D eigenvalue weighted by Crippen LogP contribution is -2.47. The summed E-state index contributed by atoms with van der Waals surface area (Å²) in [6, 6.07) is 0.175. The lowest BCUT2D eigenvalue weighted by Gasteiger charge is -2.40. The SMILES string of the molecule is CC1(C)CCC(O)(CNC(=O)C2CCC(N)C2)CC1. The van der Waals surface area contributed by atoms with E-state index in [-0.39, 0.29) is 17.9 Å². The van der Waals surface area contributed by atoms with Crippen molar-refractivity contribution in [3.63, 3.8) is 0 Å². The van der Waals surface area contributed by atoms with E-state index in [1.807, 2.05) is 0 Å². The Morgan fingerprint density at radius 2 is 1.89 bits per heavy atom. The molecule has 0 heterocycles. The molecule has 0 bridgehead atoms. The fourth-order valence-electron chi connectivity index (χ4n) is 3.22. The molecule has 1 amide bonds. The molecule has 2 saturated carbocycles. The molecule has 2 rings (SSSR count). The van der Waals surface area contributed by atoms with E-state index in [1.54, 1.807) is 0 Å². The Morgan fingerprint density at radius 3 is 2.42 bits per heavy atom. The maximum absolute atomic E-state index is 12.0. The van der Waals surface area contributed by atoms with Crippen molar-refractivity contribution < 1.29 is 9.90 Å². The van der Waals surface area contributed by atoms with Crippen LogP contribution in [-0.2, 0) is 4.79 Å². The number of amides is 1. The quantitative estimate of drug-likeness (QED) is 0.727. The number of rotatable bonds is 3. The molecule has 2 aliphatic rings. The van der Waals surface area contributed by atoms with Crippen molar-refractivity contribution in [2.24, 2.45) is 17.1 Å². The number of hydrogen-bond acceptors (Lipinski definition) is 3. The molecular weight excluding hydrogens is 240 g/mol. The maximum Gasteiger partial charge on any atom is 0.223 e. The highest BCUT2D eigenvalue weighted by Crippen LogP contribution is 2.39. The van der Waals surface area contributed by atoms with Gasteiger partial charge in [0.15, 0.2) is 0 Å². The van der Waals surface area contributed by atoms with Gasteiger partial charge < -0.3 is 16.2 Å². The van der Waals surface area contributed by atoms with Crippen LogP contribution in [0.1, 0.15) is 58.8 Å². The van der Waals surface area contributed by atoms with Gasteiger partial charge in [-0.3, -0.25) is 4.79 Å². The topological polar surface area (TPSA) is 75.3 Å².